The molecule has 0 spiro atoms. The van der Waals surface area contributed by atoms with Crippen LogP contribution in [0.2, 0.25) is 0 Å². The highest BCUT2D eigenvalue weighted by Gasteiger charge is 2.29. The SMILES string of the molecule is CCCCCCCCNC1CCCC1NC(=O)OC(C)(C)C. The third-order valence-corrected chi connectivity index (χ3v) is 4.15. The molecule has 4 heteroatoms. The lowest BCUT2D eigenvalue weighted by atomic mass is 10.1. The first kappa shape index (κ1) is 19.3. The second-order valence-corrected chi connectivity index (χ2v) is 7.51. The molecule has 1 fully saturated rings. The highest BCUT2D eigenvalue weighted by molar-refractivity contribution is 5.68. The molecule has 2 N–H and O–H groups in total. The highest BCUT2D eigenvalue weighted by Crippen LogP contribution is 2.20. The summed E-state index contributed by atoms with van der Waals surface area (Å²) in [6.07, 6.45) is 11.0. The minimum absolute atomic E-state index is 0.218. The Hall–Kier alpha value is -0.770. The summed E-state index contributed by atoms with van der Waals surface area (Å²) in [5, 5.41) is 6.65. The number of amides is 1. The van der Waals surface area contributed by atoms with E-state index in [9.17, 15) is 4.79 Å². The van der Waals surface area contributed by atoms with Gasteiger partial charge in [0, 0.05) is 12.1 Å². The van der Waals surface area contributed by atoms with Crippen LogP contribution in [0.25, 0.3) is 0 Å². The molecule has 0 aromatic heterocycles. The van der Waals surface area contributed by atoms with Crippen LogP contribution in [0.3, 0.4) is 0 Å². The Morgan fingerprint density at radius 3 is 2.36 bits per heavy atom. The van der Waals surface area contributed by atoms with E-state index in [0.717, 1.165) is 19.4 Å². The van der Waals surface area contributed by atoms with Crippen molar-refractivity contribution in [2.75, 3.05) is 6.54 Å². The Morgan fingerprint density at radius 1 is 1.05 bits per heavy atom. The number of hydrogen-bond donors (Lipinski definition) is 2. The van der Waals surface area contributed by atoms with E-state index in [1.54, 1.807) is 0 Å². The summed E-state index contributed by atoms with van der Waals surface area (Å²) in [7, 11) is 0. The van der Waals surface area contributed by atoms with Crippen LogP contribution >= 0.6 is 0 Å². The van der Waals surface area contributed by atoms with Crippen LogP contribution in [-0.2, 0) is 4.74 Å². The third kappa shape index (κ3) is 8.62. The van der Waals surface area contributed by atoms with Crippen LogP contribution in [-0.4, -0.2) is 30.3 Å². The molecular weight excluding hydrogens is 276 g/mol. The number of alkyl carbamates (subject to hydrolysis) is 1. The largest absolute Gasteiger partial charge is 0.444 e. The van der Waals surface area contributed by atoms with Gasteiger partial charge in [-0.15, -0.1) is 0 Å². The summed E-state index contributed by atoms with van der Waals surface area (Å²) >= 11 is 0. The predicted molar refractivity (Wildman–Crippen MR) is 92.2 cm³/mol. The first-order valence-electron chi connectivity index (χ1n) is 9.15. The van der Waals surface area contributed by atoms with Crippen LogP contribution in [0.1, 0.15) is 85.5 Å². The van der Waals surface area contributed by atoms with Gasteiger partial charge in [-0.25, -0.2) is 4.79 Å². The van der Waals surface area contributed by atoms with Gasteiger partial charge in [-0.3, -0.25) is 0 Å². The van der Waals surface area contributed by atoms with Gasteiger partial charge >= 0.3 is 6.09 Å². The van der Waals surface area contributed by atoms with Crippen molar-refractivity contribution in [3.63, 3.8) is 0 Å². The molecule has 1 rings (SSSR count). The Labute approximate surface area is 136 Å². The van der Waals surface area contributed by atoms with Crippen molar-refractivity contribution in [2.24, 2.45) is 0 Å². The van der Waals surface area contributed by atoms with Gasteiger partial charge in [-0.1, -0.05) is 39.0 Å². The quantitative estimate of drug-likeness (QED) is 0.621. The van der Waals surface area contributed by atoms with Crippen molar-refractivity contribution in [1.82, 2.24) is 10.6 Å². The Morgan fingerprint density at radius 2 is 1.68 bits per heavy atom. The maximum Gasteiger partial charge on any atom is 0.407 e. The van der Waals surface area contributed by atoms with Crippen molar-refractivity contribution < 1.29 is 9.53 Å². The summed E-state index contributed by atoms with van der Waals surface area (Å²) in [6.45, 7) is 9.00. The average Bonchev–Trinajstić information content (AvgIpc) is 2.83. The van der Waals surface area contributed by atoms with Crippen molar-refractivity contribution in [1.29, 1.82) is 0 Å². The van der Waals surface area contributed by atoms with E-state index in [1.165, 1.54) is 44.9 Å². The summed E-state index contributed by atoms with van der Waals surface area (Å²) in [5.74, 6) is 0. The Kier molecular flexibility index (Phi) is 8.84. The van der Waals surface area contributed by atoms with Gasteiger partial charge in [-0.2, -0.15) is 0 Å². The monoisotopic (exact) mass is 312 g/mol. The van der Waals surface area contributed by atoms with Gasteiger partial charge in [-0.05, 0) is 53.0 Å². The van der Waals surface area contributed by atoms with E-state index in [4.69, 9.17) is 4.74 Å². The van der Waals surface area contributed by atoms with Crippen LogP contribution in [0.4, 0.5) is 4.79 Å². The second-order valence-electron chi connectivity index (χ2n) is 7.51. The number of carbonyl (C=O) groups is 1. The Bertz CT molecular complexity index is 313. The fraction of sp³-hybridized carbons (Fsp3) is 0.944. The molecule has 0 aromatic carbocycles. The number of rotatable bonds is 9. The van der Waals surface area contributed by atoms with E-state index >= 15 is 0 Å². The van der Waals surface area contributed by atoms with E-state index in [0.29, 0.717) is 6.04 Å². The van der Waals surface area contributed by atoms with Gasteiger partial charge < -0.3 is 15.4 Å². The molecule has 0 heterocycles. The van der Waals surface area contributed by atoms with Crippen molar-refractivity contribution >= 4 is 6.09 Å². The minimum Gasteiger partial charge on any atom is -0.444 e. The van der Waals surface area contributed by atoms with Crippen LogP contribution in [0.5, 0.6) is 0 Å². The molecule has 1 aliphatic carbocycles. The molecule has 22 heavy (non-hydrogen) atoms. The molecule has 1 amide bonds. The standard InChI is InChI=1S/C18H36N2O2/c1-5-6-7-8-9-10-14-19-15-12-11-13-16(15)20-17(21)22-18(2,3)4/h15-16,19H,5-14H2,1-4H3,(H,20,21). The number of nitrogens with one attached hydrogen (secondary N) is 2. The zero-order chi connectivity index (χ0) is 16.4. The summed E-state index contributed by atoms with van der Waals surface area (Å²) in [6, 6.07) is 0.623. The van der Waals surface area contributed by atoms with E-state index in [1.807, 2.05) is 20.8 Å². The predicted octanol–water partition coefficient (Wildman–Crippen LogP) is 4.38. The van der Waals surface area contributed by atoms with Gasteiger partial charge in [0.2, 0.25) is 0 Å². The number of ether oxygens (including phenoxy) is 1. The van der Waals surface area contributed by atoms with Crippen molar-refractivity contribution in [2.45, 2.75) is 103 Å². The highest BCUT2D eigenvalue weighted by atomic mass is 16.6. The number of hydrogen-bond acceptors (Lipinski definition) is 3. The minimum atomic E-state index is -0.426. The van der Waals surface area contributed by atoms with Crippen LogP contribution < -0.4 is 10.6 Å². The maximum atomic E-state index is 11.9. The molecule has 0 aliphatic heterocycles. The fourth-order valence-electron chi connectivity index (χ4n) is 3.03. The summed E-state index contributed by atoms with van der Waals surface area (Å²) < 4.78 is 5.35. The molecule has 0 aromatic rings. The zero-order valence-electron chi connectivity index (χ0n) is 15.0. The first-order chi connectivity index (χ1) is 10.4. The van der Waals surface area contributed by atoms with Gasteiger partial charge in [0.25, 0.3) is 0 Å². The molecule has 0 bridgehead atoms. The van der Waals surface area contributed by atoms with Gasteiger partial charge in [0.1, 0.15) is 5.60 Å². The topological polar surface area (TPSA) is 50.4 Å². The fourth-order valence-corrected chi connectivity index (χ4v) is 3.03. The summed E-state index contributed by atoms with van der Waals surface area (Å²) in [4.78, 5) is 11.9. The lowest BCUT2D eigenvalue weighted by Crippen LogP contribution is -2.48. The van der Waals surface area contributed by atoms with Crippen molar-refractivity contribution in [3.8, 4) is 0 Å². The Balaban J connectivity index is 2.16. The molecule has 1 aliphatic rings. The molecule has 4 nitrogen and oxygen atoms in total. The van der Waals surface area contributed by atoms with Crippen LogP contribution in [0.15, 0.2) is 0 Å². The normalized spacial score (nSPS) is 21.8. The lowest BCUT2D eigenvalue weighted by Gasteiger charge is -2.25. The third-order valence-electron chi connectivity index (χ3n) is 4.15. The van der Waals surface area contributed by atoms with E-state index in [-0.39, 0.29) is 12.1 Å². The molecule has 2 atom stereocenters. The second kappa shape index (κ2) is 10.1. The maximum absolute atomic E-state index is 11.9. The molecule has 2 unspecified atom stereocenters. The van der Waals surface area contributed by atoms with E-state index in [2.05, 4.69) is 17.6 Å². The first-order valence-corrected chi connectivity index (χ1v) is 9.15. The molecule has 0 radical (unpaired) electrons. The van der Waals surface area contributed by atoms with Gasteiger partial charge in [0.15, 0.2) is 0 Å². The zero-order valence-corrected chi connectivity index (χ0v) is 15.0. The van der Waals surface area contributed by atoms with Gasteiger partial charge in [0.05, 0.1) is 0 Å². The smallest absolute Gasteiger partial charge is 0.407 e. The molecular formula is C18H36N2O2. The van der Waals surface area contributed by atoms with Crippen molar-refractivity contribution in [3.05, 3.63) is 0 Å². The molecule has 130 valence electrons. The van der Waals surface area contributed by atoms with Crippen LogP contribution in [0, 0.1) is 0 Å². The number of unbranched alkanes of at least 4 members (excludes halogenated alkanes) is 5. The summed E-state index contributed by atoms with van der Waals surface area (Å²) in [5.41, 5.74) is -0.426. The molecule has 0 saturated heterocycles. The molecule has 1 saturated carbocycles. The lowest BCUT2D eigenvalue weighted by molar-refractivity contribution is 0.0498. The number of carbonyl (C=O) groups excluding carboxylic acids is 1. The van der Waals surface area contributed by atoms with E-state index < -0.39 is 5.60 Å². The average molecular weight is 312 g/mol.